The number of hydrogen-bond donors (Lipinski definition) is 0. The van der Waals surface area contributed by atoms with E-state index in [1.54, 1.807) is 43.3 Å². The van der Waals surface area contributed by atoms with Crippen LogP contribution >= 0.6 is 34.8 Å². The van der Waals surface area contributed by atoms with Crippen molar-refractivity contribution in [2.75, 3.05) is 27.4 Å². The predicted octanol–water partition coefficient (Wildman–Crippen LogP) is 5.36. The van der Waals surface area contributed by atoms with Crippen molar-refractivity contribution in [2.24, 2.45) is 0 Å². The highest BCUT2D eigenvalue weighted by Gasteiger charge is 2.44. The number of nitrogens with zero attached hydrogens (tertiary/aromatic N) is 1. The van der Waals surface area contributed by atoms with Gasteiger partial charge in [-0.25, -0.2) is 0 Å². The molecule has 1 aliphatic heterocycles. The van der Waals surface area contributed by atoms with Gasteiger partial charge in [-0.3, -0.25) is 4.79 Å². The highest BCUT2D eigenvalue weighted by atomic mass is 35.5. The van der Waals surface area contributed by atoms with Crippen LogP contribution in [0, 0.1) is 0 Å². The molecule has 0 aliphatic carbocycles. The number of carbonyl (C=O) groups excluding carboxylic acids is 1. The smallest absolute Gasteiger partial charge is 0.233 e. The molecule has 0 radical (unpaired) electrons. The lowest BCUT2D eigenvalue weighted by Gasteiger charge is -2.39. The van der Waals surface area contributed by atoms with Gasteiger partial charge in [0.05, 0.1) is 12.5 Å². The Morgan fingerprint density at radius 1 is 1.11 bits per heavy atom. The van der Waals surface area contributed by atoms with Crippen molar-refractivity contribution in [1.29, 1.82) is 0 Å². The minimum atomic E-state index is -0.750. The molecule has 0 saturated carbocycles. The summed E-state index contributed by atoms with van der Waals surface area (Å²) in [5.41, 5.74) is 0.882. The Labute approximate surface area is 180 Å². The van der Waals surface area contributed by atoms with Crippen LogP contribution in [0.25, 0.3) is 0 Å². The van der Waals surface area contributed by atoms with Gasteiger partial charge in [-0.05, 0) is 48.7 Å². The second-order valence-electron chi connectivity index (χ2n) is 6.94. The van der Waals surface area contributed by atoms with E-state index in [0.717, 1.165) is 11.1 Å². The van der Waals surface area contributed by atoms with Crippen LogP contribution in [0.3, 0.4) is 0 Å². The fraction of sp³-hybridized carbons (Fsp3) is 0.381. The Balaban J connectivity index is 1.95. The summed E-state index contributed by atoms with van der Waals surface area (Å²) in [6.45, 7) is 1.37. The third kappa shape index (κ3) is 4.25. The lowest BCUT2D eigenvalue weighted by molar-refractivity contribution is -0.140. The van der Waals surface area contributed by atoms with Gasteiger partial charge in [0, 0.05) is 47.4 Å². The average molecular weight is 443 g/mol. The van der Waals surface area contributed by atoms with Crippen LogP contribution in [0.4, 0.5) is 0 Å². The lowest BCUT2D eigenvalue weighted by Crippen LogP contribution is -2.48. The predicted molar refractivity (Wildman–Crippen MR) is 113 cm³/mol. The molecule has 150 valence electrons. The third-order valence-electron chi connectivity index (χ3n) is 5.20. The molecule has 1 amide bonds. The minimum absolute atomic E-state index is 0.0120. The van der Waals surface area contributed by atoms with E-state index in [-0.39, 0.29) is 5.91 Å². The maximum atomic E-state index is 13.7. The molecule has 1 heterocycles. The Hall–Kier alpha value is -1.46. The molecular weight excluding hydrogens is 421 g/mol. The topological polar surface area (TPSA) is 38.8 Å². The molecule has 4 nitrogen and oxygen atoms in total. The maximum absolute atomic E-state index is 13.7. The first-order chi connectivity index (χ1) is 13.4. The molecule has 7 heteroatoms. The van der Waals surface area contributed by atoms with Gasteiger partial charge in [-0.15, -0.1) is 0 Å². The number of hydrogen-bond acceptors (Lipinski definition) is 3. The van der Waals surface area contributed by atoms with E-state index >= 15 is 0 Å². The van der Waals surface area contributed by atoms with Crippen molar-refractivity contribution in [2.45, 2.75) is 24.8 Å². The molecule has 1 aliphatic rings. The zero-order chi connectivity index (χ0) is 20.3. The first kappa shape index (κ1) is 21.3. The summed E-state index contributed by atoms with van der Waals surface area (Å²) in [5.74, 6) is 0.677. The first-order valence-electron chi connectivity index (χ1n) is 8.98. The van der Waals surface area contributed by atoms with Gasteiger partial charge in [0.25, 0.3) is 0 Å². The largest absolute Gasteiger partial charge is 0.496 e. The van der Waals surface area contributed by atoms with Crippen LogP contribution in [-0.2, 0) is 21.5 Å². The summed E-state index contributed by atoms with van der Waals surface area (Å²) in [5, 5.41) is 1.63. The van der Waals surface area contributed by atoms with Crippen LogP contribution in [0.15, 0.2) is 36.4 Å². The monoisotopic (exact) mass is 441 g/mol. The number of benzene rings is 2. The van der Waals surface area contributed by atoms with E-state index in [2.05, 4.69) is 0 Å². The summed E-state index contributed by atoms with van der Waals surface area (Å²) in [6, 6.07) is 10.7. The Kier molecular flexibility index (Phi) is 6.77. The fourth-order valence-corrected chi connectivity index (χ4v) is 4.54. The Bertz CT molecular complexity index is 866. The number of carbonyl (C=O) groups is 1. The van der Waals surface area contributed by atoms with Crippen LogP contribution < -0.4 is 4.74 Å². The Morgan fingerprint density at radius 2 is 1.75 bits per heavy atom. The third-order valence-corrected chi connectivity index (χ3v) is 5.98. The summed E-state index contributed by atoms with van der Waals surface area (Å²) >= 11 is 18.7. The van der Waals surface area contributed by atoms with Crippen LogP contribution in [-0.4, -0.2) is 38.2 Å². The first-order valence-corrected chi connectivity index (χ1v) is 10.1. The van der Waals surface area contributed by atoms with Gasteiger partial charge < -0.3 is 14.4 Å². The van der Waals surface area contributed by atoms with Crippen LogP contribution in [0.1, 0.15) is 24.0 Å². The van der Waals surface area contributed by atoms with Gasteiger partial charge in [-0.2, -0.15) is 0 Å². The van der Waals surface area contributed by atoms with Crippen molar-refractivity contribution in [3.63, 3.8) is 0 Å². The molecule has 1 saturated heterocycles. The van der Waals surface area contributed by atoms with Gasteiger partial charge in [0.1, 0.15) is 5.75 Å². The second kappa shape index (κ2) is 8.91. The van der Waals surface area contributed by atoms with E-state index in [1.165, 1.54) is 0 Å². The van der Waals surface area contributed by atoms with Gasteiger partial charge >= 0.3 is 0 Å². The number of amides is 1. The molecule has 28 heavy (non-hydrogen) atoms. The van der Waals surface area contributed by atoms with Crippen LogP contribution in [0.2, 0.25) is 15.1 Å². The minimum Gasteiger partial charge on any atom is -0.496 e. The number of rotatable bonds is 5. The summed E-state index contributed by atoms with van der Waals surface area (Å²) in [6.07, 6.45) is 1.12. The average Bonchev–Trinajstić information content (AvgIpc) is 2.68. The number of likely N-dealkylation sites (N-methyl/N-ethyl adjacent to an activating group) is 1. The molecule has 0 N–H and O–H groups in total. The van der Waals surface area contributed by atoms with Crippen molar-refractivity contribution in [3.05, 3.63) is 62.6 Å². The summed E-state index contributed by atoms with van der Waals surface area (Å²) in [7, 11) is 3.38. The van der Waals surface area contributed by atoms with E-state index in [4.69, 9.17) is 44.3 Å². The molecule has 0 unspecified atom stereocenters. The second-order valence-corrected chi connectivity index (χ2v) is 8.22. The Morgan fingerprint density at radius 3 is 2.39 bits per heavy atom. The molecule has 0 spiro atoms. The normalized spacial score (nSPS) is 15.9. The van der Waals surface area contributed by atoms with E-state index in [1.807, 2.05) is 12.1 Å². The summed E-state index contributed by atoms with van der Waals surface area (Å²) < 4.78 is 10.9. The van der Waals surface area contributed by atoms with E-state index in [9.17, 15) is 4.79 Å². The van der Waals surface area contributed by atoms with Gasteiger partial charge in [-0.1, -0.05) is 40.9 Å². The molecule has 2 aromatic carbocycles. The molecule has 0 atom stereocenters. The van der Waals surface area contributed by atoms with Gasteiger partial charge in [0.2, 0.25) is 5.91 Å². The van der Waals surface area contributed by atoms with Crippen molar-refractivity contribution < 1.29 is 14.3 Å². The van der Waals surface area contributed by atoms with E-state index in [0.29, 0.717) is 53.4 Å². The van der Waals surface area contributed by atoms with Crippen molar-refractivity contribution in [3.8, 4) is 5.75 Å². The molecule has 1 fully saturated rings. The molecule has 2 aromatic rings. The summed E-state index contributed by atoms with van der Waals surface area (Å²) in [4.78, 5) is 15.4. The number of halogens is 3. The van der Waals surface area contributed by atoms with Crippen molar-refractivity contribution >= 4 is 40.7 Å². The van der Waals surface area contributed by atoms with Gasteiger partial charge in [0.15, 0.2) is 0 Å². The molecule has 3 rings (SSSR count). The molecule has 0 bridgehead atoms. The maximum Gasteiger partial charge on any atom is 0.233 e. The number of methoxy groups -OCH3 is 1. The standard InChI is InChI=1S/C21H22Cl3NO3/c1-25(13-14-11-15(22)4-6-19(14)27-2)20(26)21(7-9-28-10-8-21)17-5-3-16(23)12-18(17)24/h3-6,11-12H,7-10,13H2,1-2H3. The number of ether oxygens (including phenoxy) is 2. The highest BCUT2D eigenvalue weighted by molar-refractivity contribution is 6.35. The lowest BCUT2D eigenvalue weighted by atomic mass is 9.73. The molecular formula is C21H22Cl3NO3. The quantitative estimate of drug-likeness (QED) is 0.625. The zero-order valence-corrected chi connectivity index (χ0v) is 18.1. The SMILES string of the molecule is COc1ccc(Cl)cc1CN(C)C(=O)C1(c2ccc(Cl)cc2Cl)CCOCC1. The highest BCUT2D eigenvalue weighted by Crippen LogP contribution is 2.41. The van der Waals surface area contributed by atoms with Crippen LogP contribution in [0.5, 0.6) is 5.75 Å². The molecule has 0 aromatic heterocycles. The zero-order valence-electron chi connectivity index (χ0n) is 15.8. The van der Waals surface area contributed by atoms with Crippen molar-refractivity contribution in [1.82, 2.24) is 4.90 Å². The fourth-order valence-electron chi connectivity index (χ4n) is 3.76. The van der Waals surface area contributed by atoms with E-state index < -0.39 is 5.41 Å².